The van der Waals surface area contributed by atoms with Crippen LogP contribution in [0.3, 0.4) is 0 Å². The lowest BCUT2D eigenvalue weighted by Crippen LogP contribution is -2.17. The van der Waals surface area contributed by atoms with Crippen molar-refractivity contribution in [3.63, 3.8) is 0 Å². The second kappa shape index (κ2) is 9.89. The summed E-state index contributed by atoms with van der Waals surface area (Å²) in [5.74, 6) is 0. The van der Waals surface area contributed by atoms with Crippen LogP contribution in [0.25, 0.3) is 0 Å². The lowest BCUT2D eigenvalue weighted by molar-refractivity contribution is 0.172. The molecule has 0 aromatic heterocycles. The van der Waals surface area contributed by atoms with Crippen LogP contribution in [0.2, 0.25) is 0 Å². The summed E-state index contributed by atoms with van der Waals surface area (Å²) >= 11 is 0. The Morgan fingerprint density at radius 2 is 1.50 bits per heavy atom. The van der Waals surface area contributed by atoms with E-state index in [1.807, 2.05) is 6.08 Å². The van der Waals surface area contributed by atoms with Crippen LogP contribution >= 0.6 is 0 Å². The van der Waals surface area contributed by atoms with Crippen molar-refractivity contribution in [1.82, 2.24) is 0 Å². The summed E-state index contributed by atoms with van der Waals surface area (Å²) in [6.45, 7) is 8.36. The first-order valence-corrected chi connectivity index (χ1v) is 6.93. The zero-order chi connectivity index (χ0) is 12.3. The van der Waals surface area contributed by atoms with Gasteiger partial charge in [0.15, 0.2) is 0 Å². The summed E-state index contributed by atoms with van der Waals surface area (Å²) in [6, 6.07) is 0. The summed E-state index contributed by atoms with van der Waals surface area (Å²) in [6.07, 6.45) is 13.7. The third kappa shape index (κ3) is 7.92. The smallest absolute Gasteiger partial charge is 0.0519 e. The molecule has 0 heterocycles. The van der Waals surface area contributed by atoms with Crippen molar-refractivity contribution >= 4 is 0 Å². The highest BCUT2D eigenvalue weighted by atomic mass is 16.3. The molecule has 96 valence electrons. The molecule has 1 atom stereocenters. The highest BCUT2D eigenvalue weighted by Crippen LogP contribution is 2.25. The highest BCUT2D eigenvalue weighted by Gasteiger charge is 2.17. The van der Waals surface area contributed by atoms with Gasteiger partial charge in [0.2, 0.25) is 0 Å². The fourth-order valence-electron chi connectivity index (χ4n) is 1.91. The Balaban J connectivity index is 3.29. The molecule has 16 heavy (non-hydrogen) atoms. The first kappa shape index (κ1) is 15.7. The Bertz CT molecular complexity index is 165. The standard InChI is InChI=1S/C15H30O/c1-4-6-7-8-9-10-11-12-13-15(3,5-2)14-16/h5,16H,2,4,6-14H2,1,3H3. The van der Waals surface area contributed by atoms with Crippen LogP contribution in [-0.4, -0.2) is 11.7 Å². The quantitative estimate of drug-likeness (QED) is 0.400. The van der Waals surface area contributed by atoms with Gasteiger partial charge in [0, 0.05) is 5.41 Å². The zero-order valence-electron chi connectivity index (χ0n) is 11.3. The average Bonchev–Trinajstić information content (AvgIpc) is 2.32. The molecule has 0 aromatic rings. The third-order valence-corrected chi connectivity index (χ3v) is 3.46. The minimum absolute atomic E-state index is 0.0534. The Morgan fingerprint density at radius 1 is 1.00 bits per heavy atom. The Morgan fingerprint density at radius 3 is 1.94 bits per heavy atom. The Hall–Kier alpha value is -0.300. The average molecular weight is 226 g/mol. The monoisotopic (exact) mass is 226 g/mol. The summed E-state index contributed by atoms with van der Waals surface area (Å²) in [7, 11) is 0. The molecule has 1 unspecified atom stereocenters. The maximum atomic E-state index is 9.21. The molecular weight excluding hydrogens is 196 g/mol. The minimum atomic E-state index is -0.0534. The number of rotatable bonds is 11. The molecule has 0 bridgehead atoms. The van der Waals surface area contributed by atoms with E-state index < -0.39 is 0 Å². The van der Waals surface area contributed by atoms with Gasteiger partial charge < -0.3 is 5.11 Å². The topological polar surface area (TPSA) is 20.2 Å². The number of hydrogen-bond donors (Lipinski definition) is 1. The molecule has 0 radical (unpaired) electrons. The van der Waals surface area contributed by atoms with E-state index in [-0.39, 0.29) is 12.0 Å². The van der Waals surface area contributed by atoms with Gasteiger partial charge in [-0.15, -0.1) is 6.58 Å². The number of unbranched alkanes of at least 4 members (excludes halogenated alkanes) is 7. The van der Waals surface area contributed by atoms with Gasteiger partial charge in [-0.2, -0.15) is 0 Å². The Kier molecular flexibility index (Phi) is 9.71. The van der Waals surface area contributed by atoms with Crippen LogP contribution in [0.1, 0.15) is 71.6 Å². The molecule has 0 aliphatic rings. The molecule has 1 N–H and O–H groups in total. The molecule has 1 heteroatoms. The van der Waals surface area contributed by atoms with Crippen LogP contribution in [0, 0.1) is 5.41 Å². The molecule has 0 saturated carbocycles. The predicted octanol–water partition coefficient (Wildman–Crippen LogP) is 4.70. The van der Waals surface area contributed by atoms with E-state index in [4.69, 9.17) is 0 Å². The SMILES string of the molecule is C=CC(C)(CO)CCCCCCCCCC. The van der Waals surface area contributed by atoms with Gasteiger partial charge in [0.1, 0.15) is 0 Å². The van der Waals surface area contributed by atoms with E-state index in [0.29, 0.717) is 0 Å². The van der Waals surface area contributed by atoms with Crippen LogP contribution in [0.4, 0.5) is 0 Å². The molecule has 0 amide bonds. The van der Waals surface area contributed by atoms with Gasteiger partial charge in [-0.05, 0) is 6.42 Å². The van der Waals surface area contributed by atoms with Crippen LogP contribution < -0.4 is 0 Å². The van der Waals surface area contributed by atoms with Crippen molar-refractivity contribution in [3.05, 3.63) is 12.7 Å². The highest BCUT2D eigenvalue weighted by molar-refractivity contribution is 4.90. The largest absolute Gasteiger partial charge is 0.395 e. The maximum Gasteiger partial charge on any atom is 0.0519 e. The fraction of sp³-hybridized carbons (Fsp3) is 0.867. The van der Waals surface area contributed by atoms with Crippen molar-refractivity contribution in [1.29, 1.82) is 0 Å². The van der Waals surface area contributed by atoms with E-state index in [1.54, 1.807) is 0 Å². The first-order chi connectivity index (χ1) is 7.68. The van der Waals surface area contributed by atoms with Crippen LogP contribution in [0.15, 0.2) is 12.7 Å². The molecule has 1 nitrogen and oxygen atoms in total. The number of hydrogen-bond acceptors (Lipinski definition) is 1. The molecule has 0 aromatic carbocycles. The second-order valence-corrected chi connectivity index (χ2v) is 5.24. The second-order valence-electron chi connectivity index (χ2n) is 5.24. The van der Waals surface area contributed by atoms with E-state index in [2.05, 4.69) is 20.4 Å². The lowest BCUT2D eigenvalue weighted by atomic mass is 9.85. The number of aliphatic hydroxyl groups is 1. The van der Waals surface area contributed by atoms with Gasteiger partial charge in [0.05, 0.1) is 6.61 Å². The number of aliphatic hydroxyl groups excluding tert-OH is 1. The summed E-state index contributed by atoms with van der Waals surface area (Å²) in [4.78, 5) is 0. The molecule has 0 fully saturated rings. The third-order valence-electron chi connectivity index (χ3n) is 3.46. The summed E-state index contributed by atoms with van der Waals surface area (Å²) in [5.41, 5.74) is -0.0534. The molecule has 0 aliphatic carbocycles. The van der Waals surface area contributed by atoms with E-state index >= 15 is 0 Å². The fourth-order valence-corrected chi connectivity index (χ4v) is 1.91. The minimum Gasteiger partial charge on any atom is -0.395 e. The van der Waals surface area contributed by atoms with Gasteiger partial charge in [0.25, 0.3) is 0 Å². The van der Waals surface area contributed by atoms with Crippen molar-refractivity contribution < 1.29 is 5.11 Å². The van der Waals surface area contributed by atoms with Crippen molar-refractivity contribution in [2.24, 2.45) is 5.41 Å². The molecule has 0 saturated heterocycles. The van der Waals surface area contributed by atoms with E-state index in [1.165, 1.54) is 51.4 Å². The van der Waals surface area contributed by atoms with Crippen molar-refractivity contribution in [2.45, 2.75) is 71.6 Å². The molecule has 0 rings (SSSR count). The van der Waals surface area contributed by atoms with Crippen molar-refractivity contribution in [2.75, 3.05) is 6.61 Å². The molecule has 0 spiro atoms. The zero-order valence-corrected chi connectivity index (χ0v) is 11.3. The summed E-state index contributed by atoms with van der Waals surface area (Å²) in [5, 5.41) is 9.21. The van der Waals surface area contributed by atoms with Gasteiger partial charge >= 0.3 is 0 Å². The maximum absolute atomic E-state index is 9.21. The lowest BCUT2D eigenvalue weighted by Gasteiger charge is -2.22. The molecular formula is C15H30O. The van der Waals surface area contributed by atoms with Crippen molar-refractivity contribution in [3.8, 4) is 0 Å². The summed E-state index contributed by atoms with van der Waals surface area (Å²) < 4.78 is 0. The van der Waals surface area contributed by atoms with Crippen LogP contribution in [-0.2, 0) is 0 Å². The normalized spacial score (nSPS) is 14.7. The van der Waals surface area contributed by atoms with Crippen LogP contribution in [0.5, 0.6) is 0 Å². The van der Waals surface area contributed by atoms with Gasteiger partial charge in [-0.3, -0.25) is 0 Å². The van der Waals surface area contributed by atoms with E-state index in [9.17, 15) is 5.11 Å². The van der Waals surface area contributed by atoms with Gasteiger partial charge in [-0.1, -0.05) is 71.3 Å². The molecule has 0 aliphatic heterocycles. The van der Waals surface area contributed by atoms with Gasteiger partial charge in [-0.25, -0.2) is 0 Å². The first-order valence-electron chi connectivity index (χ1n) is 6.93. The predicted molar refractivity (Wildman–Crippen MR) is 72.6 cm³/mol. The van der Waals surface area contributed by atoms with E-state index in [0.717, 1.165) is 6.42 Å². The Labute approximate surface area is 102 Å².